The standard InChI is InChI=1S/C6H12O2S/c1-8-6(5-7)3-4-9-2/h5-6H,3-4H2,1-2H3. The van der Waals surface area contributed by atoms with Crippen molar-refractivity contribution in [3.8, 4) is 0 Å². The van der Waals surface area contributed by atoms with Gasteiger partial charge in [-0.1, -0.05) is 0 Å². The number of hydrogen-bond donors (Lipinski definition) is 0. The Kier molecular flexibility index (Phi) is 6.09. The maximum absolute atomic E-state index is 10.1. The van der Waals surface area contributed by atoms with Crippen molar-refractivity contribution < 1.29 is 9.53 Å². The van der Waals surface area contributed by atoms with Gasteiger partial charge < -0.3 is 9.53 Å². The van der Waals surface area contributed by atoms with E-state index in [0.717, 1.165) is 18.5 Å². The largest absolute Gasteiger partial charge is 0.374 e. The van der Waals surface area contributed by atoms with Crippen molar-refractivity contribution >= 4 is 18.0 Å². The van der Waals surface area contributed by atoms with Crippen LogP contribution in [-0.4, -0.2) is 31.5 Å². The van der Waals surface area contributed by atoms with E-state index in [4.69, 9.17) is 4.74 Å². The number of carbonyl (C=O) groups excluding carboxylic acids is 1. The molecular weight excluding hydrogens is 136 g/mol. The molecule has 0 spiro atoms. The van der Waals surface area contributed by atoms with Crippen LogP contribution in [0.25, 0.3) is 0 Å². The monoisotopic (exact) mass is 148 g/mol. The molecule has 0 aromatic carbocycles. The van der Waals surface area contributed by atoms with Gasteiger partial charge in [-0.2, -0.15) is 11.8 Å². The molecule has 0 radical (unpaired) electrons. The van der Waals surface area contributed by atoms with E-state index in [9.17, 15) is 4.79 Å². The third-order valence-corrected chi connectivity index (χ3v) is 1.70. The Morgan fingerprint density at radius 1 is 1.78 bits per heavy atom. The summed E-state index contributed by atoms with van der Waals surface area (Å²) >= 11 is 1.72. The Balaban J connectivity index is 3.20. The molecule has 0 aromatic heterocycles. The van der Waals surface area contributed by atoms with E-state index >= 15 is 0 Å². The number of hydrogen-bond acceptors (Lipinski definition) is 3. The van der Waals surface area contributed by atoms with Crippen molar-refractivity contribution in [2.75, 3.05) is 19.1 Å². The smallest absolute Gasteiger partial charge is 0.148 e. The summed E-state index contributed by atoms with van der Waals surface area (Å²) in [5, 5.41) is 0. The van der Waals surface area contributed by atoms with Gasteiger partial charge in [-0.25, -0.2) is 0 Å². The second-order valence-electron chi connectivity index (χ2n) is 1.69. The Hall–Kier alpha value is -0.0200. The van der Waals surface area contributed by atoms with Crippen LogP contribution in [-0.2, 0) is 9.53 Å². The van der Waals surface area contributed by atoms with E-state index in [-0.39, 0.29) is 6.10 Å². The molecule has 1 atom stereocenters. The highest BCUT2D eigenvalue weighted by molar-refractivity contribution is 7.98. The van der Waals surface area contributed by atoms with Crippen molar-refractivity contribution in [1.82, 2.24) is 0 Å². The summed E-state index contributed by atoms with van der Waals surface area (Å²) < 4.78 is 4.82. The van der Waals surface area contributed by atoms with Gasteiger partial charge in [-0.05, 0) is 18.4 Å². The van der Waals surface area contributed by atoms with Crippen LogP contribution in [0, 0.1) is 0 Å². The molecule has 0 aliphatic rings. The maximum atomic E-state index is 10.1. The molecule has 0 N–H and O–H groups in total. The van der Waals surface area contributed by atoms with E-state index in [0.29, 0.717) is 0 Å². The van der Waals surface area contributed by atoms with Crippen LogP contribution in [0.5, 0.6) is 0 Å². The van der Waals surface area contributed by atoms with Gasteiger partial charge in [0.05, 0.1) is 0 Å². The molecule has 0 heterocycles. The first-order valence-corrected chi connectivity index (χ1v) is 4.21. The maximum Gasteiger partial charge on any atom is 0.148 e. The molecule has 0 amide bonds. The molecule has 9 heavy (non-hydrogen) atoms. The Bertz CT molecular complexity index is 75.5. The van der Waals surface area contributed by atoms with Gasteiger partial charge >= 0.3 is 0 Å². The van der Waals surface area contributed by atoms with Gasteiger partial charge in [0, 0.05) is 7.11 Å². The number of ether oxygens (including phenoxy) is 1. The topological polar surface area (TPSA) is 26.3 Å². The van der Waals surface area contributed by atoms with Crippen molar-refractivity contribution in [3.63, 3.8) is 0 Å². The van der Waals surface area contributed by atoms with Crippen LogP contribution in [0.15, 0.2) is 0 Å². The fourth-order valence-electron chi connectivity index (χ4n) is 0.475. The molecule has 0 rings (SSSR count). The molecule has 0 bridgehead atoms. The summed E-state index contributed by atoms with van der Waals surface area (Å²) in [6.07, 6.45) is 3.48. The zero-order valence-corrected chi connectivity index (χ0v) is 6.61. The lowest BCUT2D eigenvalue weighted by atomic mass is 10.3. The molecule has 2 nitrogen and oxygen atoms in total. The summed E-state index contributed by atoms with van der Waals surface area (Å²) in [5.41, 5.74) is 0. The predicted octanol–water partition coefficient (Wildman–Crippen LogP) is 0.953. The van der Waals surface area contributed by atoms with Gasteiger partial charge in [0.25, 0.3) is 0 Å². The van der Waals surface area contributed by atoms with E-state index in [1.54, 1.807) is 18.9 Å². The van der Waals surface area contributed by atoms with Crippen molar-refractivity contribution in [3.05, 3.63) is 0 Å². The predicted molar refractivity (Wildman–Crippen MR) is 39.9 cm³/mol. The molecule has 0 aliphatic carbocycles. The van der Waals surface area contributed by atoms with Crippen LogP contribution < -0.4 is 0 Å². The van der Waals surface area contributed by atoms with E-state index in [1.807, 2.05) is 6.26 Å². The number of methoxy groups -OCH3 is 1. The highest BCUT2D eigenvalue weighted by Gasteiger charge is 2.02. The second-order valence-corrected chi connectivity index (χ2v) is 2.68. The van der Waals surface area contributed by atoms with Crippen LogP contribution in [0.2, 0.25) is 0 Å². The SMILES string of the molecule is COC(C=O)CCSC. The third kappa shape index (κ3) is 4.48. The van der Waals surface area contributed by atoms with Gasteiger partial charge in [0.15, 0.2) is 0 Å². The Labute approximate surface area is 60.0 Å². The van der Waals surface area contributed by atoms with Gasteiger partial charge in [0.2, 0.25) is 0 Å². The van der Waals surface area contributed by atoms with E-state index in [2.05, 4.69) is 0 Å². The Morgan fingerprint density at radius 3 is 2.78 bits per heavy atom. The Morgan fingerprint density at radius 2 is 2.44 bits per heavy atom. The minimum absolute atomic E-state index is 0.197. The summed E-state index contributed by atoms with van der Waals surface area (Å²) in [5.74, 6) is 0.983. The average molecular weight is 148 g/mol. The fraction of sp³-hybridized carbons (Fsp3) is 0.833. The van der Waals surface area contributed by atoms with Crippen LogP contribution in [0.1, 0.15) is 6.42 Å². The highest BCUT2D eigenvalue weighted by Crippen LogP contribution is 2.00. The van der Waals surface area contributed by atoms with Crippen LogP contribution in [0.4, 0.5) is 0 Å². The summed E-state index contributed by atoms with van der Waals surface area (Å²) in [4.78, 5) is 10.1. The highest BCUT2D eigenvalue weighted by atomic mass is 32.2. The molecule has 1 unspecified atom stereocenters. The van der Waals surface area contributed by atoms with Crippen LogP contribution in [0.3, 0.4) is 0 Å². The normalized spacial score (nSPS) is 13.1. The molecule has 0 aromatic rings. The first-order chi connectivity index (χ1) is 4.35. The molecule has 0 aliphatic heterocycles. The lowest BCUT2D eigenvalue weighted by Gasteiger charge is -2.04. The molecular formula is C6H12O2S. The first kappa shape index (κ1) is 8.98. The summed E-state index contributed by atoms with van der Waals surface area (Å²) in [7, 11) is 1.55. The minimum Gasteiger partial charge on any atom is -0.374 e. The fourth-order valence-corrected chi connectivity index (χ4v) is 0.943. The lowest BCUT2D eigenvalue weighted by molar-refractivity contribution is -0.116. The van der Waals surface area contributed by atoms with Crippen molar-refractivity contribution in [1.29, 1.82) is 0 Å². The molecule has 0 fully saturated rings. The third-order valence-electron chi connectivity index (χ3n) is 1.06. The summed E-state index contributed by atoms with van der Waals surface area (Å²) in [6, 6.07) is 0. The molecule has 3 heteroatoms. The van der Waals surface area contributed by atoms with E-state index < -0.39 is 0 Å². The number of rotatable bonds is 5. The van der Waals surface area contributed by atoms with Gasteiger partial charge in [0.1, 0.15) is 12.4 Å². The number of carbonyl (C=O) groups is 1. The molecule has 0 saturated heterocycles. The van der Waals surface area contributed by atoms with Gasteiger partial charge in [-0.3, -0.25) is 0 Å². The average Bonchev–Trinajstić information content (AvgIpc) is 1.91. The minimum atomic E-state index is -0.197. The quantitative estimate of drug-likeness (QED) is 0.543. The summed E-state index contributed by atoms with van der Waals surface area (Å²) in [6.45, 7) is 0. The number of thioether (sulfide) groups is 1. The number of aldehydes is 1. The zero-order chi connectivity index (χ0) is 7.11. The van der Waals surface area contributed by atoms with E-state index in [1.165, 1.54) is 0 Å². The second kappa shape index (κ2) is 6.11. The van der Waals surface area contributed by atoms with Crippen molar-refractivity contribution in [2.45, 2.75) is 12.5 Å². The van der Waals surface area contributed by atoms with Gasteiger partial charge in [-0.15, -0.1) is 0 Å². The zero-order valence-electron chi connectivity index (χ0n) is 5.79. The van der Waals surface area contributed by atoms with Crippen LogP contribution >= 0.6 is 11.8 Å². The van der Waals surface area contributed by atoms with Crippen molar-refractivity contribution in [2.24, 2.45) is 0 Å². The first-order valence-electron chi connectivity index (χ1n) is 2.82. The molecule has 54 valence electrons. The lowest BCUT2D eigenvalue weighted by Crippen LogP contribution is -2.12. The molecule has 0 saturated carbocycles.